The monoisotopic (exact) mass is 458 g/mol. The molecule has 0 fully saturated rings. The summed E-state index contributed by atoms with van der Waals surface area (Å²) in [6.07, 6.45) is 1.35. The maximum Gasteiger partial charge on any atom is 0.276 e. The van der Waals surface area contributed by atoms with Crippen LogP contribution in [0.15, 0.2) is 70.7 Å². The molecular formula is C23H23ClN2O4S. The van der Waals surface area contributed by atoms with Gasteiger partial charge in [0, 0.05) is 0 Å². The Balaban J connectivity index is 1.74. The van der Waals surface area contributed by atoms with Crippen LogP contribution in [0.4, 0.5) is 0 Å². The number of hydrogen-bond donors (Lipinski definition) is 1. The van der Waals surface area contributed by atoms with E-state index in [0.717, 1.165) is 16.7 Å². The van der Waals surface area contributed by atoms with Crippen molar-refractivity contribution in [1.82, 2.24) is 4.83 Å². The zero-order valence-corrected chi connectivity index (χ0v) is 19.0. The molecular weight excluding hydrogens is 436 g/mol. The molecule has 3 aromatic carbocycles. The summed E-state index contributed by atoms with van der Waals surface area (Å²) in [6.45, 7) is 4.23. The summed E-state index contributed by atoms with van der Waals surface area (Å²) >= 11 is 6.39. The Morgan fingerprint density at radius 3 is 2.45 bits per heavy atom. The molecule has 1 N–H and O–H groups in total. The fourth-order valence-corrected chi connectivity index (χ4v) is 3.88. The first-order valence-electron chi connectivity index (χ1n) is 9.46. The standard InChI is InChI=1S/C23H23ClN2O4S/c1-16-8-10-20(11-9-16)31(27,28)26-25-14-18-12-21(24)23(22(13-18)29-3)30-15-19-7-5-4-6-17(19)2/h4-14,26H,15H2,1-3H3/b25-14-. The molecule has 0 aliphatic rings. The number of hydrazone groups is 1. The van der Waals surface area contributed by atoms with Gasteiger partial charge >= 0.3 is 0 Å². The number of sulfonamides is 1. The Kier molecular flexibility index (Phi) is 7.20. The normalized spacial score (nSPS) is 11.5. The Labute approximate surface area is 187 Å². The zero-order chi connectivity index (χ0) is 22.4. The summed E-state index contributed by atoms with van der Waals surface area (Å²) in [4.78, 5) is 2.32. The second-order valence-electron chi connectivity index (χ2n) is 6.92. The van der Waals surface area contributed by atoms with E-state index in [1.54, 1.807) is 24.3 Å². The maximum absolute atomic E-state index is 12.3. The molecule has 0 saturated heterocycles. The van der Waals surface area contributed by atoms with Crippen LogP contribution in [-0.2, 0) is 16.6 Å². The van der Waals surface area contributed by atoms with Gasteiger partial charge in [-0.15, -0.1) is 0 Å². The van der Waals surface area contributed by atoms with E-state index in [1.165, 1.54) is 25.5 Å². The van der Waals surface area contributed by atoms with Crippen molar-refractivity contribution in [1.29, 1.82) is 0 Å². The van der Waals surface area contributed by atoms with Gasteiger partial charge in [-0.1, -0.05) is 53.6 Å². The average molecular weight is 459 g/mol. The van der Waals surface area contributed by atoms with Crippen molar-refractivity contribution in [2.45, 2.75) is 25.3 Å². The molecule has 0 saturated carbocycles. The first kappa shape index (κ1) is 22.7. The lowest BCUT2D eigenvalue weighted by atomic mass is 10.1. The number of nitrogens with one attached hydrogen (secondary N) is 1. The number of rotatable bonds is 8. The van der Waals surface area contributed by atoms with Gasteiger partial charge in [0.1, 0.15) is 6.61 Å². The summed E-state index contributed by atoms with van der Waals surface area (Å²) in [5.74, 6) is 0.828. The van der Waals surface area contributed by atoms with Crippen LogP contribution >= 0.6 is 11.6 Å². The number of nitrogens with zero attached hydrogens (tertiary/aromatic N) is 1. The van der Waals surface area contributed by atoms with Crippen LogP contribution in [0, 0.1) is 13.8 Å². The van der Waals surface area contributed by atoms with E-state index in [9.17, 15) is 8.42 Å². The number of benzene rings is 3. The molecule has 0 amide bonds. The van der Waals surface area contributed by atoms with Crippen LogP contribution in [0.25, 0.3) is 0 Å². The van der Waals surface area contributed by atoms with E-state index >= 15 is 0 Å². The lowest BCUT2D eigenvalue weighted by molar-refractivity contribution is 0.284. The molecule has 31 heavy (non-hydrogen) atoms. The van der Waals surface area contributed by atoms with E-state index in [-0.39, 0.29) is 4.90 Å². The van der Waals surface area contributed by atoms with Crippen molar-refractivity contribution in [2.24, 2.45) is 5.10 Å². The van der Waals surface area contributed by atoms with Crippen molar-refractivity contribution < 1.29 is 17.9 Å². The summed E-state index contributed by atoms with van der Waals surface area (Å²) in [7, 11) is -2.25. The quantitative estimate of drug-likeness (QED) is 0.386. The molecule has 162 valence electrons. The fraction of sp³-hybridized carbons (Fsp3) is 0.174. The van der Waals surface area contributed by atoms with Crippen LogP contribution in [0.2, 0.25) is 5.02 Å². The third-order valence-electron chi connectivity index (χ3n) is 4.60. The van der Waals surface area contributed by atoms with E-state index in [0.29, 0.717) is 28.7 Å². The second kappa shape index (κ2) is 9.85. The Hall–Kier alpha value is -3.03. The van der Waals surface area contributed by atoms with Gasteiger partial charge in [-0.05, 0) is 54.8 Å². The highest BCUT2D eigenvalue weighted by Gasteiger charge is 2.14. The Morgan fingerprint density at radius 2 is 1.77 bits per heavy atom. The van der Waals surface area contributed by atoms with Crippen molar-refractivity contribution in [3.05, 3.63) is 87.9 Å². The van der Waals surface area contributed by atoms with Crippen molar-refractivity contribution in [3.8, 4) is 11.5 Å². The fourth-order valence-electron chi connectivity index (χ4n) is 2.82. The minimum absolute atomic E-state index is 0.130. The number of methoxy groups -OCH3 is 1. The van der Waals surface area contributed by atoms with Crippen LogP contribution in [0.5, 0.6) is 11.5 Å². The summed E-state index contributed by atoms with van der Waals surface area (Å²) < 4.78 is 36.0. The highest BCUT2D eigenvalue weighted by Crippen LogP contribution is 2.36. The molecule has 0 bridgehead atoms. The SMILES string of the molecule is COc1cc(/C=N\NS(=O)(=O)c2ccc(C)cc2)cc(Cl)c1OCc1ccccc1C. The first-order chi connectivity index (χ1) is 14.8. The van der Waals surface area contributed by atoms with Gasteiger partial charge in [-0.3, -0.25) is 0 Å². The molecule has 6 nitrogen and oxygen atoms in total. The molecule has 0 spiro atoms. The van der Waals surface area contributed by atoms with E-state index in [1.807, 2.05) is 38.1 Å². The molecule has 0 radical (unpaired) electrons. The van der Waals surface area contributed by atoms with Gasteiger partial charge in [0.25, 0.3) is 10.0 Å². The molecule has 8 heteroatoms. The first-order valence-corrected chi connectivity index (χ1v) is 11.3. The van der Waals surface area contributed by atoms with Crippen LogP contribution in [0.1, 0.15) is 22.3 Å². The van der Waals surface area contributed by atoms with Crippen molar-refractivity contribution in [3.63, 3.8) is 0 Å². The van der Waals surface area contributed by atoms with E-state index < -0.39 is 10.0 Å². The number of aryl methyl sites for hydroxylation is 2. The number of ether oxygens (including phenoxy) is 2. The van der Waals surface area contributed by atoms with Crippen LogP contribution < -0.4 is 14.3 Å². The molecule has 3 rings (SSSR count). The van der Waals surface area contributed by atoms with E-state index in [4.69, 9.17) is 21.1 Å². The predicted molar refractivity (Wildman–Crippen MR) is 123 cm³/mol. The van der Waals surface area contributed by atoms with Gasteiger partial charge in [0.15, 0.2) is 11.5 Å². The van der Waals surface area contributed by atoms with Crippen molar-refractivity contribution in [2.75, 3.05) is 7.11 Å². The molecule has 3 aromatic rings. The maximum atomic E-state index is 12.3. The molecule has 0 aliphatic carbocycles. The van der Waals surface area contributed by atoms with Gasteiger partial charge in [0.05, 0.1) is 23.2 Å². The van der Waals surface area contributed by atoms with Crippen molar-refractivity contribution >= 4 is 27.8 Å². The molecule has 0 unspecified atom stereocenters. The summed E-state index contributed by atoms with van der Waals surface area (Å²) in [5, 5.41) is 4.17. The largest absolute Gasteiger partial charge is 0.493 e. The minimum atomic E-state index is -3.76. The molecule has 0 atom stereocenters. The lowest BCUT2D eigenvalue weighted by Gasteiger charge is -2.14. The van der Waals surface area contributed by atoms with Gasteiger partial charge in [0.2, 0.25) is 0 Å². The number of hydrogen-bond acceptors (Lipinski definition) is 5. The zero-order valence-electron chi connectivity index (χ0n) is 17.4. The number of halogens is 1. The van der Waals surface area contributed by atoms with Gasteiger partial charge in [-0.25, -0.2) is 4.83 Å². The predicted octanol–water partition coefficient (Wildman–Crippen LogP) is 4.86. The third-order valence-corrected chi connectivity index (χ3v) is 6.12. The smallest absolute Gasteiger partial charge is 0.276 e. The molecule has 0 heterocycles. The van der Waals surface area contributed by atoms with Crippen LogP contribution in [-0.4, -0.2) is 21.7 Å². The second-order valence-corrected chi connectivity index (χ2v) is 8.98. The molecule has 0 aliphatic heterocycles. The summed E-state index contributed by atoms with van der Waals surface area (Å²) in [6, 6.07) is 17.7. The summed E-state index contributed by atoms with van der Waals surface area (Å²) in [5.41, 5.74) is 3.67. The van der Waals surface area contributed by atoms with Crippen LogP contribution in [0.3, 0.4) is 0 Å². The molecule has 0 aromatic heterocycles. The highest BCUT2D eigenvalue weighted by molar-refractivity contribution is 7.89. The van der Waals surface area contributed by atoms with E-state index in [2.05, 4.69) is 9.93 Å². The van der Waals surface area contributed by atoms with Gasteiger partial charge in [-0.2, -0.15) is 13.5 Å². The average Bonchev–Trinajstić information content (AvgIpc) is 2.74. The Bertz CT molecular complexity index is 1190. The lowest BCUT2D eigenvalue weighted by Crippen LogP contribution is -2.18. The topological polar surface area (TPSA) is 77.0 Å². The highest BCUT2D eigenvalue weighted by atomic mass is 35.5. The van der Waals surface area contributed by atoms with Gasteiger partial charge < -0.3 is 9.47 Å². The Morgan fingerprint density at radius 1 is 1.06 bits per heavy atom. The third kappa shape index (κ3) is 5.77. The minimum Gasteiger partial charge on any atom is -0.493 e.